The normalized spacial score (nSPS) is 18.7. The quantitative estimate of drug-likeness (QED) is 0.0448. The van der Waals surface area contributed by atoms with Gasteiger partial charge in [0.1, 0.15) is 5.75 Å². The summed E-state index contributed by atoms with van der Waals surface area (Å²) in [5, 5.41) is 73.1. The van der Waals surface area contributed by atoms with Crippen molar-refractivity contribution in [1.29, 1.82) is 0 Å². The van der Waals surface area contributed by atoms with E-state index in [0.717, 1.165) is 56.1 Å². The summed E-state index contributed by atoms with van der Waals surface area (Å²) >= 11 is 0. The largest absolute Gasteiger partial charge is 0.508 e. The number of methoxy groups -OCH3 is 2. The molecule has 8 N–H and O–H groups in total. The van der Waals surface area contributed by atoms with Crippen molar-refractivity contribution in [2.45, 2.75) is 82.5 Å². The summed E-state index contributed by atoms with van der Waals surface area (Å²) in [6.07, 6.45) is 4.18. The smallest absolute Gasteiger partial charge is 0.164 e. The third-order valence-corrected chi connectivity index (χ3v) is 13.2. The second-order valence-electron chi connectivity index (χ2n) is 17.0. The maximum Gasteiger partial charge on any atom is 0.164 e. The number of carbonyl (C=O) groups is 1. The van der Waals surface area contributed by atoms with E-state index in [1.807, 2.05) is 42.7 Å². The molecule has 1 aliphatic carbocycles. The zero-order valence-electron chi connectivity index (χ0n) is 36.5. The van der Waals surface area contributed by atoms with E-state index in [9.17, 15) is 30.6 Å². The third-order valence-electron chi connectivity index (χ3n) is 13.2. The summed E-state index contributed by atoms with van der Waals surface area (Å²) in [5.74, 6) is -1.35. The minimum Gasteiger partial charge on any atom is -0.508 e. The van der Waals surface area contributed by atoms with Gasteiger partial charge in [0.25, 0.3) is 0 Å². The lowest BCUT2D eigenvalue weighted by Crippen LogP contribution is -2.57. The van der Waals surface area contributed by atoms with E-state index in [2.05, 4.69) is 35.4 Å². The predicted octanol–water partition coefficient (Wildman–Crippen LogP) is 6.99. The number of aliphatic hydroxyl groups is 3. The van der Waals surface area contributed by atoms with Crippen molar-refractivity contribution in [1.82, 2.24) is 10.3 Å². The number of H-pyrrole nitrogens is 1. The molecule has 0 saturated heterocycles. The molecule has 1 heterocycles. The molecule has 1 aliphatic rings. The molecule has 6 aromatic rings. The Bertz CT molecular complexity index is 2540. The van der Waals surface area contributed by atoms with E-state index >= 15 is 4.79 Å². The minimum absolute atomic E-state index is 0.00178. The van der Waals surface area contributed by atoms with Gasteiger partial charge in [0.2, 0.25) is 0 Å². The molecule has 5 aromatic carbocycles. The highest BCUT2D eigenvalue weighted by Gasteiger charge is 2.54. The van der Waals surface area contributed by atoms with Crippen molar-refractivity contribution in [3.63, 3.8) is 0 Å². The van der Waals surface area contributed by atoms with Gasteiger partial charge in [0.15, 0.2) is 28.8 Å². The van der Waals surface area contributed by atoms with Crippen molar-refractivity contribution >= 4 is 16.6 Å². The summed E-state index contributed by atoms with van der Waals surface area (Å²) < 4.78 is 11.4. The van der Waals surface area contributed by atoms with Gasteiger partial charge in [-0.2, -0.15) is 0 Å². The van der Waals surface area contributed by atoms with Gasteiger partial charge in [-0.05, 0) is 150 Å². The first kappa shape index (κ1) is 45.2. The fourth-order valence-electron chi connectivity index (χ4n) is 10.2. The number of carbonyl (C=O) groups excluding carboxylic acids is 1. The average molecular weight is 857 g/mol. The number of ketones is 1. The zero-order chi connectivity index (χ0) is 44.8. The van der Waals surface area contributed by atoms with Crippen LogP contribution >= 0.6 is 0 Å². The number of aromatic hydroxyl groups is 3. The van der Waals surface area contributed by atoms with Gasteiger partial charge in [-0.15, -0.1) is 0 Å². The molecule has 0 spiro atoms. The molecule has 332 valence electrons. The lowest BCUT2D eigenvalue weighted by Gasteiger charge is -2.46. The Balaban J connectivity index is 1.34. The van der Waals surface area contributed by atoms with Gasteiger partial charge in [0, 0.05) is 43.4 Å². The molecular weight excluding hydrogens is 797 g/mol. The molecule has 0 amide bonds. The lowest BCUT2D eigenvalue weighted by atomic mass is 9.58. The monoisotopic (exact) mass is 856 g/mol. The minimum atomic E-state index is -1.59. The first-order valence-corrected chi connectivity index (χ1v) is 21.8. The molecule has 7 rings (SSSR count). The van der Waals surface area contributed by atoms with E-state index in [-0.39, 0.29) is 54.7 Å². The van der Waals surface area contributed by atoms with Crippen LogP contribution in [-0.4, -0.2) is 81.5 Å². The Hall–Kier alpha value is -5.85. The van der Waals surface area contributed by atoms with Gasteiger partial charge >= 0.3 is 0 Å². The van der Waals surface area contributed by atoms with Crippen LogP contribution in [0.25, 0.3) is 10.8 Å². The molecular formula is C52H60N2O9. The Morgan fingerprint density at radius 3 is 2.35 bits per heavy atom. The molecule has 1 fully saturated rings. The van der Waals surface area contributed by atoms with Crippen LogP contribution < -0.4 is 14.8 Å². The fourth-order valence-corrected chi connectivity index (χ4v) is 10.2. The molecule has 0 bridgehead atoms. The van der Waals surface area contributed by atoms with E-state index in [0.29, 0.717) is 49.1 Å². The van der Waals surface area contributed by atoms with Crippen LogP contribution in [0.4, 0.5) is 0 Å². The first-order valence-electron chi connectivity index (χ1n) is 21.8. The standard InChI is InChI=1S/C52H60N2O9/c1-5-34-10-11-35-7-6-8-36(18-20-55)48(35)42(34)27-43-37(12-15-45(58)50(43)63-4)25-38(21-32-17-19-54-30-32)49(60)41-13-16-47(59)52(51(41)61,28-31-9-14-44(57)46(24-31)62-3)39-22-33(29-53-2)23-40(56)26-39/h6-12,14-15,17,19,22-24,26,30,38,41,47,49,53-60H,5,13,16,18,20-21,25,27-29H2,1-4H3. The van der Waals surface area contributed by atoms with Crippen LogP contribution in [0.5, 0.6) is 28.7 Å². The number of benzene rings is 5. The van der Waals surface area contributed by atoms with Gasteiger partial charge < -0.3 is 50.4 Å². The number of Topliss-reactive ketones (excluding diaryl/α,β-unsaturated/α-hetero) is 1. The summed E-state index contributed by atoms with van der Waals surface area (Å²) in [4.78, 5) is 18.8. The molecule has 11 nitrogen and oxygen atoms in total. The molecule has 0 radical (unpaired) electrons. The van der Waals surface area contributed by atoms with Crippen LogP contribution in [0, 0.1) is 11.8 Å². The Morgan fingerprint density at radius 1 is 0.841 bits per heavy atom. The molecule has 5 atom stereocenters. The number of phenolic OH excluding ortho intramolecular Hbond substituents is 3. The maximum atomic E-state index is 15.6. The topological polar surface area (TPSA) is 185 Å². The number of ether oxygens (including phenoxy) is 2. The van der Waals surface area contributed by atoms with Crippen molar-refractivity contribution in [2.24, 2.45) is 11.8 Å². The van der Waals surface area contributed by atoms with Gasteiger partial charge in [-0.3, -0.25) is 4.79 Å². The summed E-state index contributed by atoms with van der Waals surface area (Å²) in [6.45, 7) is 2.51. The summed E-state index contributed by atoms with van der Waals surface area (Å²) in [5.41, 5.74) is 5.97. The van der Waals surface area contributed by atoms with Crippen LogP contribution in [-0.2, 0) is 55.3 Å². The first-order chi connectivity index (χ1) is 30.4. The fraction of sp³-hybridized carbons (Fsp3) is 0.365. The molecule has 63 heavy (non-hydrogen) atoms. The van der Waals surface area contributed by atoms with E-state index in [1.165, 1.54) is 26.4 Å². The molecule has 5 unspecified atom stereocenters. The highest BCUT2D eigenvalue weighted by Crippen LogP contribution is 2.47. The molecule has 1 aromatic heterocycles. The number of aromatic amines is 1. The SMILES string of the molecule is CCc1ccc2cccc(CCO)c2c1Cc1c(CC(Cc2cc[nH]c2)C(O)C2CCC(O)C(Cc3ccc(O)c(OC)c3)(c3cc(O)cc(CNC)c3)C2=O)ccc(O)c1OC. The average Bonchev–Trinajstić information content (AvgIpc) is 3.79. The second kappa shape index (κ2) is 19.7. The third kappa shape index (κ3) is 9.15. The number of rotatable bonds is 18. The van der Waals surface area contributed by atoms with Gasteiger partial charge in [-0.1, -0.05) is 55.5 Å². The van der Waals surface area contributed by atoms with E-state index in [1.54, 1.807) is 31.3 Å². The van der Waals surface area contributed by atoms with Crippen molar-refractivity contribution in [3.05, 3.63) is 147 Å². The van der Waals surface area contributed by atoms with Gasteiger partial charge in [-0.25, -0.2) is 0 Å². The van der Waals surface area contributed by atoms with Crippen molar-refractivity contribution in [2.75, 3.05) is 27.9 Å². The number of aliphatic hydroxyl groups excluding tert-OH is 3. The van der Waals surface area contributed by atoms with Crippen molar-refractivity contribution in [3.8, 4) is 28.7 Å². The second-order valence-corrected chi connectivity index (χ2v) is 17.0. The lowest BCUT2D eigenvalue weighted by molar-refractivity contribution is -0.144. The zero-order valence-corrected chi connectivity index (χ0v) is 36.5. The summed E-state index contributed by atoms with van der Waals surface area (Å²) in [7, 11) is 4.77. The number of hydrogen-bond donors (Lipinski definition) is 8. The van der Waals surface area contributed by atoms with Crippen molar-refractivity contribution < 1.29 is 44.9 Å². The number of hydrogen-bond acceptors (Lipinski definition) is 10. The highest BCUT2D eigenvalue weighted by molar-refractivity contribution is 5.95. The van der Waals surface area contributed by atoms with Gasteiger partial charge in [0.05, 0.1) is 31.8 Å². The van der Waals surface area contributed by atoms with Crippen LogP contribution in [0.15, 0.2) is 97.3 Å². The highest BCUT2D eigenvalue weighted by atomic mass is 16.5. The number of phenols is 3. The van der Waals surface area contributed by atoms with E-state index < -0.39 is 29.5 Å². The Morgan fingerprint density at radius 2 is 1.63 bits per heavy atom. The Labute approximate surface area is 369 Å². The van der Waals surface area contributed by atoms with Crippen LogP contribution in [0.2, 0.25) is 0 Å². The summed E-state index contributed by atoms with van der Waals surface area (Å²) in [6, 6.07) is 25.6. The number of nitrogens with one attached hydrogen (secondary N) is 2. The molecule has 1 saturated carbocycles. The van der Waals surface area contributed by atoms with E-state index in [4.69, 9.17) is 9.47 Å². The van der Waals surface area contributed by atoms with Crippen LogP contribution in [0.1, 0.15) is 69.8 Å². The number of fused-ring (bicyclic) bond motifs is 1. The number of aryl methyl sites for hydroxylation is 1. The number of aromatic nitrogens is 1. The Kier molecular flexibility index (Phi) is 14.1. The maximum absolute atomic E-state index is 15.6. The predicted molar refractivity (Wildman–Crippen MR) is 244 cm³/mol. The molecule has 11 heteroatoms. The molecule has 0 aliphatic heterocycles. The van der Waals surface area contributed by atoms with Crippen LogP contribution in [0.3, 0.4) is 0 Å².